The van der Waals surface area contributed by atoms with E-state index in [2.05, 4.69) is 10.2 Å². The maximum absolute atomic E-state index is 13.5. The van der Waals surface area contributed by atoms with Crippen molar-refractivity contribution in [3.05, 3.63) is 94.9 Å². The van der Waals surface area contributed by atoms with Crippen molar-refractivity contribution >= 4 is 46.1 Å². The lowest BCUT2D eigenvalue weighted by atomic mass is 10.0. The summed E-state index contributed by atoms with van der Waals surface area (Å²) in [6.07, 6.45) is 2.37. The molecular formula is C26H21ClFN3O2. The molecule has 0 unspecified atom stereocenters. The molecule has 2 heterocycles. The van der Waals surface area contributed by atoms with E-state index in [0.29, 0.717) is 22.0 Å². The minimum atomic E-state index is -0.495. The smallest absolute Gasteiger partial charge is 0.282 e. The standard InChI is InChI=1S/C26H21ClFN3O2/c27-18-4-3-5-22(16-18)31-25(32)23(17-6-8-19(28)9-7-17)24(26(31)33)29-20-10-12-21(13-11-20)30-14-1-2-15-30/h3-13,16,29H,1-2,14-15H2. The highest BCUT2D eigenvalue weighted by Gasteiger charge is 2.40. The molecule has 0 bridgehead atoms. The van der Waals surface area contributed by atoms with Crippen molar-refractivity contribution in [2.24, 2.45) is 0 Å². The third kappa shape index (κ3) is 4.10. The number of hydrogen-bond donors (Lipinski definition) is 1. The van der Waals surface area contributed by atoms with Gasteiger partial charge in [0.1, 0.15) is 11.5 Å². The third-order valence-corrected chi connectivity index (χ3v) is 6.13. The summed E-state index contributed by atoms with van der Waals surface area (Å²) in [4.78, 5) is 30.2. The summed E-state index contributed by atoms with van der Waals surface area (Å²) in [6, 6.07) is 19.9. The quantitative estimate of drug-likeness (QED) is 0.511. The Bertz CT molecular complexity index is 1250. The van der Waals surface area contributed by atoms with Crippen molar-refractivity contribution in [1.82, 2.24) is 0 Å². The van der Waals surface area contributed by atoms with Gasteiger partial charge in [0.2, 0.25) is 0 Å². The zero-order chi connectivity index (χ0) is 22.9. The van der Waals surface area contributed by atoms with Crippen LogP contribution in [0.5, 0.6) is 0 Å². The van der Waals surface area contributed by atoms with Gasteiger partial charge in [0.15, 0.2) is 0 Å². The Hall–Kier alpha value is -3.64. The van der Waals surface area contributed by atoms with E-state index in [9.17, 15) is 14.0 Å². The molecule has 5 nitrogen and oxygen atoms in total. The van der Waals surface area contributed by atoms with Crippen molar-refractivity contribution in [3.63, 3.8) is 0 Å². The Labute approximate surface area is 196 Å². The molecule has 0 atom stereocenters. The first-order valence-corrected chi connectivity index (χ1v) is 11.2. The van der Waals surface area contributed by atoms with E-state index >= 15 is 0 Å². The zero-order valence-corrected chi connectivity index (χ0v) is 18.5. The van der Waals surface area contributed by atoms with Crippen molar-refractivity contribution in [1.29, 1.82) is 0 Å². The first-order chi connectivity index (χ1) is 16.0. The maximum Gasteiger partial charge on any atom is 0.282 e. The van der Waals surface area contributed by atoms with Crippen LogP contribution in [0.1, 0.15) is 18.4 Å². The van der Waals surface area contributed by atoms with E-state index in [-0.39, 0.29) is 11.3 Å². The van der Waals surface area contributed by atoms with Gasteiger partial charge in [0.05, 0.1) is 11.3 Å². The summed E-state index contributed by atoms with van der Waals surface area (Å²) in [5, 5.41) is 3.55. The molecule has 33 heavy (non-hydrogen) atoms. The molecule has 0 radical (unpaired) electrons. The molecule has 1 N–H and O–H groups in total. The average Bonchev–Trinajstić information content (AvgIpc) is 3.43. The number of amides is 2. The number of nitrogens with one attached hydrogen (secondary N) is 1. The average molecular weight is 462 g/mol. The number of hydrogen-bond acceptors (Lipinski definition) is 4. The largest absolute Gasteiger partial charge is 0.372 e. The van der Waals surface area contributed by atoms with Gasteiger partial charge in [-0.1, -0.05) is 29.8 Å². The Balaban J connectivity index is 1.52. The van der Waals surface area contributed by atoms with Crippen LogP contribution in [0.4, 0.5) is 21.5 Å². The van der Waals surface area contributed by atoms with Gasteiger partial charge in [0, 0.05) is 29.5 Å². The molecule has 0 saturated carbocycles. The lowest BCUT2D eigenvalue weighted by molar-refractivity contribution is -0.120. The van der Waals surface area contributed by atoms with Gasteiger partial charge in [-0.15, -0.1) is 0 Å². The Kier molecular flexibility index (Phi) is 5.60. The monoisotopic (exact) mass is 461 g/mol. The molecule has 2 amide bonds. The molecule has 1 saturated heterocycles. The van der Waals surface area contributed by atoms with E-state index in [0.717, 1.165) is 23.7 Å². The second-order valence-electron chi connectivity index (χ2n) is 8.05. The van der Waals surface area contributed by atoms with E-state index in [1.807, 2.05) is 24.3 Å². The van der Waals surface area contributed by atoms with Crippen LogP contribution in [0.25, 0.3) is 5.57 Å². The maximum atomic E-state index is 13.5. The van der Waals surface area contributed by atoms with Gasteiger partial charge in [0.25, 0.3) is 11.8 Å². The molecule has 0 aliphatic carbocycles. The predicted octanol–water partition coefficient (Wildman–Crippen LogP) is 5.48. The molecule has 7 heteroatoms. The second kappa shape index (κ2) is 8.71. The number of carbonyl (C=O) groups excluding carboxylic acids is 2. The van der Waals surface area contributed by atoms with Crippen LogP contribution < -0.4 is 15.1 Å². The fourth-order valence-corrected chi connectivity index (χ4v) is 4.44. The number of rotatable bonds is 5. The number of carbonyl (C=O) groups is 2. The fourth-order valence-electron chi connectivity index (χ4n) is 4.26. The van der Waals surface area contributed by atoms with Gasteiger partial charge in [-0.2, -0.15) is 0 Å². The topological polar surface area (TPSA) is 52.7 Å². The number of anilines is 3. The predicted molar refractivity (Wildman–Crippen MR) is 129 cm³/mol. The zero-order valence-electron chi connectivity index (χ0n) is 17.7. The first-order valence-electron chi connectivity index (χ1n) is 10.8. The first kappa shape index (κ1) is 21.2. The summed E-state index contributed by atoms with van der Waals surface area (Å²) in [7, 11) is 0. The molecule has 2 aliphatic rings. The summed E-state index contributed by atoms with van der Waals surface area (Å²) in [6.45, 7) is 2.07. The second-order valence-corrected chi connectivity index (χ2v) is 8.48. The highest BCUT2D eigenvalue weighted by Crippen LogP contribution is 2.35. The summed E-state index contributed by atoms with van der Waals surface area (Å²) >= 11 is 6.10. The normalized spacial score (nSPS) is 16.2. The van der Waals surface area contributed by atoms with Gasteiger partial charge >= 0.3 is 0 Å². The minimum Gasteiger partial charge on any atom is -0.372 e. The molecule has 166 valence electrons. The van der Waals surface area contributed by atoms with E-state index in [1.54, 1.807) is 24.3 Å². The van der Waals surface area contributed by atoms with Gasteiger partial charge in [-0.3, -0.25) is 9.59 Å². The van der Waals surface area contributed by atoms with Crippen LogP contribution in [0.3, 0.4) is 0 Å². The van der Waals surface area contributed by atoms with Crippen LogP contribution in [-0.2, 0) is 9.59 Å². The van der Waals surface area contributed by atoms with Gasteiger partial charge in [-0.05, 0) is 73.0 Å². The molecule has 3 aromatic rings. The van der Waals surface area contributed by atoms with Crippen LogP contribution in [0.15, 0.2) is 78.5 Å². The number of imide groups is 1. The Morgan fingerprint density at radius 1 is 0.818 bits per heavy atom. The Morgan fingerprint density at radius 3 is 2.18 bits per heavy atom. The van der Waals surface area contributed by atoms with Gasteiger partial charge < -0.3 is 10.2 Å². The number of nitrogens with zero attached hydrogens (tertiary/aromatic N) is 2. The summed E-state index contributed by atoms with van der Waals surface area (Å²) < 4.78 is 13.5. The molecule has 3 aromatic carbocycles. The third-order valence-electron chi connectivity index (χ3n) is 5.89. The van der Waals surface area contributed by atoms with Crippen molar-refractivity contribution < 1.29 is 14.0 Å². The number of benzene rings is 3. The molecular weight excluding hydrogens is 441 g/mol. The van der Waals surface area contributed by atoms with Crippen LogP contribution in [-0.4, -0.2) is 24.9 Å². The van der Waals surface area contributed by atoms with Crippen LogP contribution >= 0.6 is 11.6 Å². The molecule has 0 aromatic heterocycles. The Morgan fingerprint density at radius 2 is 1.52 bits per heavy atom. The highest BCUT2D eigenvalue weighted by molar-refractivity contribution is 6.46. The number of halogens is 2. The van der Waals surface area contributed by atoms with Crippen LogP contribution in [0.2, 0.25) is 5.02 Å². The van der Waals surface area contributed by atoms with E-state index in [4.69, 9.17) is 11.6 Å². The SMILES string of the molecule is O=C1C(Nc2ccc(N3CCCC3)cc2)=C(c2ccc(F)cc2)C(=O)N1c1cccc(Cl)c1. The van der Waals surface area contributed by atoms with Crippen LogP contribution in [0, 0.1) is 5.82 Å². The van der Waals surface area contributed by atoms with E-state index < -0.39 is 17.6 Å². The molecule has 1 fully saturated rings. The summed E-state index contributed by atoms with van der Waals surface area (Å²) in [5.74, 6) is -1.41. The molecule has 0 spiro atoms. The van der Waals surface area contributed by atoms with Crippen molar-refractivity contribution in [3.8, 4) is 0 Å². The minimum absolute atomic E-state index is 0.139. The summed E-state index contributed by atoms with van der Waals surface area (Å²) in [5.41, 5.74) is 2.96. The molecule has 5 rings (SSSR count). The lowest BCUT2D eigenvalue weighted by Crippen LogP contribution is -2.32. The lowest BCUT2D eigenvalue weighted by Gasteiger charge is -2.18. The van der Waals surface area contributed by atoms with Gasteiger partial charge in [-0.25, -0.2) is 9.29 Å². The van der Waals surface area contributed by atoms with Crippen molar-refractivity contribution in [2.45, 2.75) is 12.8 Å². The van der Waals surface area contributed by atoms with E-state index in [1.165, 1.54) is 37.1 Å². The van der Waals surface area contributed by atoms with Crippen molar-refractivity contribution in [2.75, 3.05) is 28.2 Å². The molecule has 2 aliphatic heterocycles. The highest BCUT2D eigenvalue weighted by atomic mass is 35.5. The fraction of sp³-hybridized carbons (Fsp3) is 0.154.